The number of amides is 2. The molecule has 0 radical (unpaired) electrons. The summed E-state index contributed by atoms with van der Waals surface area (Å²) in [5.41, 5.74) is 2.67. The van der Waals surface area contributed by atoms with Gasteiger partial charge in [-0.15, -0.1) is 0 Å². The Hall–Kier alpha value is -2.99. The van der Waals surface area contributed by atoms with Crippen molar-refractivity contribution in [3.63, 3.8) is 0 Å². The van der Waals surface area contributed by atoms with Crippen LogP contribution in [0.3, 0.4) is 0 Å². The molecule has 1 aliphatic rings. The standard InChI is InChI=1S/C22H25N3O3/c1-3-4-16-5-7-17(8-6-16)21-19(25(15(2)27)20(21)14-26)13-24-22(28)18-9-11-23-12-10-18/h3-12,19-21,26H,13-14H2,1-2H3,(H,24,28)/b4-3+/t19-,20+,21+/m0/s1. The van der Waals surface area contributed by atoms with Crippen LogP contribution in [-0.2, 0) is 4.79 Å². The molecule has 2 heterocycles. The second-order valence-electron chi connectivity index (χ2n) is 6.88. The molecule has 3 atom stereocenters. The quantitative estimate of drug-likeness (QED) is 0.806. The van der Waals surface area contributed by atoms with Gasteiger partial charge in [0.05, 0.1) is 18.7 Å². The number of aliphatic hydroxyl groups excluding tert-OH is 1. The normalized spacial score (nSPS) is 21.4. The van der Waals surface area contributed by atoms with Gasteiger partial charge in [0.25, 0.3) is 5.91 Å². The first-order chi connectivity index (χ1) is 13.6. The maximum absolute atomic E-state index is 12.4. The van der Waals surface area contributed by atoms with Gasteiger partial charge in [-0.1, -0.05) is 36.4 Å². The van der Waals surface area contributed by atoms with Crippen LogP contribution in [0, 0.1) is 0 Å². The van der Waals surface area contributed by atoms with Gasteiger partial charge >= 0.3 is 0 Å². The smallest absolute Gasteiger partial charge is 0.251 e. The Morgan fingerprint density at radius 3 is 2.39 bits per heavy atom. The van der Waals surface area contributed by atoms with E-state index < -0.39 is 0 Å². The van der Waals surface area contributed by atoms with Crippen molar-refractivity contribution in [2.24, 2.45) is 0 Å². The number of aromatic nitrogens is 1. The molecule has 1 fully saturated rings. The predicted octanol–water partition coefficient (Wildman–Crippen LogP) is 2.22. The van der Waals surface area contributed by atoms with E-state index in [1.165, 1.54) is 6.92 Å². The molecule has 2 amide bonds. The van der Waals surface area contributed by atoms with Gasteiger partial charge in [0.2, 0.25) is 5.91 Å². The molecule has 2 N–H and O–H groups in total. The van der Waals surface area contributed by atoms with Crippen LogP contribution in [0.4, 0.5) is 0 Å². The van der Waals surface area contributed by atoms with Gasteiger partial charge in [0.15, 0.2) is 0 Å². The Morgan fingerprint density at radius 2 is 1.82 bits per heavy atom. The molecule has 0 spiro atoms. The van der Waals surface area contributed by atoms with Crippen LogP contribution in [0.5, 0.6) is 0 Å². The van der Waals surface area contributed by atoms with Gasteiger partial charge in [0, 0.05) is 37.3 Å². The van der Waals surface area contributed by atoms with Crippen LogP contribution in [0.1, 0.15) is 41.3 Å². The highest BCUT2D eigenvalue weighted by molar-refractivity contribution is 5.94. The van der Waals surface area contributed by atoms with E-state index in [1.54, 1.807) is 29.4 Å². The Morgan fingerprint density at radius 1 is 1.14 bits per heavy atom. The third kappa shape index (κ3) is 3.97. The molecular formula is C22H25N3O3. The van der Waals surface area contributed by atoms with Crippen molar-refractivity contribution >= 4 is 17.9 Å². The van der Waals surface area contributed by atoms with Gasteiger partial charge in [-0.25, -0.2) is 0 Å². The van der Waals surface area contributed by atoms with E-state index in [0.717, 1.165) is 11.1 Å². The molecule has 6 heteroatoms. The van der Waals surface area contributed by atoms with E-state index in [-0.39, 0.29) is 36.4 Å². The number of benzene rings is 1. The predicted molar refractivity (Wildman–Crippen MR) is 108 cm³/mol. The highest BCUT2D eigenvalue weighted by Gasteiger charge is 2.49. The van der Waals surface area contributed by atoms with Crippen molar-refractivity contribution < 1.29 is 14.7 Å². The number of hydrogen-bond acceptors (Lipinski definition) is 4. The Bertz CT molecular complexity index is 849. The first-order valence-corrected chi connectivity index (χ1v) is 9.37. The number of likely N-dealkylation sites (tertiary alicyclic amines) is 1. The zero-order chi connectivity index (χ0) is 20.1. The molecule has 2 aromatic rings. The number of nitrogens with one attached hydrogen (secondary N) is 1. The van der Waals surface area contributed by atoms with Crippen LogP contribution in [-0.4, -0.2) is 52.0 Å². The lowest BCUT2D eigenvalue weighted by molar-refractivity contribution is -0.147. The highest BCUT2D eigenvalue weighted by Crippen LogP contribution is 2.40. The average molecular weight is 379 g/mol. The molecule has 1 saturated heterocycles. The number of allylic oxidation sites excluding steroid dienone is 1. The monoisotopic (exact) mass is 379 g/mol. The minimum atomic E-state index is -0.284. The summed E-state index contributed by atoms with van der Waals surface area (Å²) in [6.45, 7) is 3.66. The lowest BCUT2D eigenvalue weighted by Crippen LogP contribution is -2.68. The average Bonchev–Trinajstić information content (AvgIpc) is 2.69. The first kappa shape index (κ1) is 19.8. The van der Waals surface area contributed by atoms with E-state index >= 15 is 0 Å². The first-order valence-electron chi connectivity index (χ1n) is 9.37. The number of carbonyl (C=O) groups is 2. The van der Waals surface area contributed by atoms with Gasteiger partial charge in [-0.05, 0) is 30.2 Å². The third-order valence-corrected chi connectivity index (χ3v) is 5.19. The largest absolute Gasteiger partial charge is 0.394 e. The van der Waals surface area contributed by atoms with Gasteiger partial charge < -0.3 is 15.3 Å². The molecule has 0 aliphatic carbocycles. The molecule has 0 bridgehead atoms. The summed E-state index contributed by atoms with van der Waals surface area (Å²) >= 11 is 0. The van der Waals surface area contributed by atoms with Crippen molar-refractivity contribution in [2.45, 2.75) is 31.8 Å². The second-order valence-corrected chi connectivity index (χ2v) is 6.88. The number of carbonyl (C=O) groups excluding carboxylic acids is 2. The fourth-order valence-electron chi connectivity index (χ4n) is 3.91. The third-order valence-electron chi connectivity index (χ3n) is 5.19. The molecule has 0 saturated carbocycles. The van der Waals surface area contributed by atoms with Crippen LogP contribution < -0.4 is 5.32 Å². The zero-order valence-corrected chi connectivity index (χ0v) is 16.1. The van der Waals surface area contributed by atoms with E-state index in [1.807, 2.05) is 43.3 Å². The van der Waals surface area contributed by atoms with E-state index in [4.69, 9.17) is 0 Å². The summed E-state index contributed by atoms with van der Waals surface area (Å²) < 4.78 is 0. The lowest BCUT2D eigenvalue weighted by atomic mass is 9.75. The molecule has 28 heavy (non-hydrogen) atoms. The van der Waals surface area contributed by atoms with Crippen LogP contribution in [0.2, 0.25) is 0 Å². The van der Waals surface area contributed by atoms with Crippen LogP contribution in [0.15, 0.2) is 54.9 Å². The maximum atomic E-state index is 12.4. The Labute approximate surface area is 164 Å². The lowest BCUT2D eigenvalue weighted by Gasteiger charge is -2.54. The molecule has 0 unspecified atom stereocenters. The van der Waals surface area contributed by atoms with Crippen molar-refractivity contribution in [1.82, 2.24) is 15.2 Å². The van der Waals surface area contributed by atoms with E-state index in [9.17, 15) is 14.7 Å². The maximum Gasteiger partial charge on any atom is 0.251 e. The van der Waals surface area contributed by atoms with Gasteiger partial charge in [0.1, 0.15) is 0 Å². The SMILES string of the molecule is C/C=C/c1ccc([C@H]2[C@@H](CO)N(C(C)=O)[C@H]2CNC(=O)c2ccncc2)cc1. The summed E-state index contributed by atoms with van der Waals surface area (Å²) in [4.78, 5) is 30.1. The van der Waals surface area contributed by atoms with Crippen molar-refractivity contribution in [3.05, 3.63) is 71.6 Å². The zero-order valence-electron chi connectivity index (χ0n) is 16.1. The Kier molecular flexibility index (Phi) is 6.21. The summed E-state index contributed by atoms with van der Waals surface area (Å²) in [7, 11) is 0. The molecule has 1 aliphatic heterocycles. The number of hydrogen-bond donors (Lipinski definition) is 2. The molecule has 3 rings (SSSR count). The molecule has 1 aromatic heterocycles. The molecular weight excluding hydrogens is 354 g/mol. The second kappa shape index (κ2) is 8.80. The fourth-order valence-corrected chi connectivity index (χ4v) is 3.91. The van der Waals surface area contributed by atoms with E-state index in [2.05, 4.69) is 10.3 Å². The summed E-state index contributed by atoms with van der Waals surface area (Å²) in [6.07, 6.45) is 7.13. The summed E-state index contributed by atoms with van der Waals surface area (Å²) in [5.74, 6) is -0.351. The number of pyridine rings is 1. The molecule has 6 nitrogen and oxygen atoms in total. The van der Waals surface area contributed by atoms with Crippen LogP contribution >= 0.6 is 0 Å². The molecule has 146 valence electrons. The van der Waals surface area contributed by atoms with Crippen molar-refractivity contribution in [3.8, 4) is 0 Å². The van der Waals surface area contributed by atoms with Crippen molar-refractivity contribution in [1.29, 1.82) is 0 Å². The Balaban J connectivity index is 1.78. The topological polar surface area (TPSA) is 82.5 Å². The van der Waals surface area contributed by atoms with Crippen molar-refractivity contribution in [2.75, 3.05) is 13.2 Å². The highest BCUT2D eigenvalue weighted by atomic mass is 16.3. The minimum absolute atomic E-state index is 0.0358. The fraction of sp³-hybridized carbons (Fsp3) is 0.318. The van der Waals surface area contributed by atoms with Crippen LogP contribution in [0.25, 0.3) is 6.08 Å². The van der Waals surface area contributed by atoms with Gasteiger partial charge in [-0.2, -0.15) is 0 Å². The summed E-state index contributed by atoms with van der Waals surface area (Å²) in [5, 5.41) is 12.8. The minimum Gasteiger partial charge on any atom is -0.394 e. The number of aliphatic hydroxyl groups is 1. The van der Waals surface area contributed by atoms with E-state index in [0.29, 0.717) is 12.1 Å². The van der Waals surface area contributed by atoms with Gasteiger partial charge in [-0.3, -0.25) is 14.6 Å². The molecule has 1 aromatic carbocycles. The number of nitrogens with zero attached hydrogens (tertiary/aromatic N) is 2. The number of rotatable bonds is 6. The summed E-state index contributed by atoms with van der Waals surface area (Å²) in [6, 6.07) is 10.9.